The zero-order chi connectivity index (χ0) is 17.6. The molecule has 1 fully saturated rings. The molecule has 130 valence electrons. The van der Waals surface area contributed by atoms with Crippen LogP contribution in [0.2, 0.25) is 0 Å². The summed E-state index contributed by atoms with van der Waals surface area (Å²) in [6.07, 6.45) is 3.27. The smallest absolute Gasteiger partial charge is 0.323 e. The number of rotatable bonds is 4. The summed E-state index contributed by atoms with van der Waals surface area (Å²) in [6.45, 7) is 0. The number of anilines is 2. The van der Waals surface area contributed by atoms with Gasteiger partial charge in [-0.25, -0.2) is 4.79 Å². The summed E-state index contributed by atoms with van der Waals surface area (Å²) in [7, 11) is 0. The summed E-state index contributed by atoms with van der Waals surface area (Å²) < 4.78 is 0. The monoisotopic (exact) mass is 338 g/mol. The van der Waals surface area contributed by atoms with Gasteiger partial charge in [0.15, 0.2) is 0 Å². The molecular formula is C20H22N2O3. The number of carbonyl (C=O) groups is 2. The molecule has 0 saturated heterocycles. The van der Waals surface area contributed by atoms with E-state index in [1.54, 1.807) is 0 Å². The summed E-state index contributed by atoms with van der Waals surface area (Å²) in [5.74, 6) is -0.468. The Bertz CT molecular complexity index is 720. The number of amides is 2. The molecule has 0 bridgehead atoms. The molecule has 2 aromatic rings. The Morgan fingerprint density at radius 2 is 1.36 bits per heavy atom. The summed E-state index contributed by atoms with van der Waals surface area (Å²) in [4.78, 5) is 23.0. The van der Waals surface area contributed by atoms with Crippen LogP contribution in [0.25, 0.3) is 0 Å². The number of carboxylic acids is 1. The molecule has 5 nitrogen and oxygen atoms in total. The van der Waals surface area contributed by atoms with Crippen molar-refractivity contribution in [3.8, 4) is 0 Å². The van der Waals surface area contributed by atoms with E-state index in [-0.39, 0.29) is 11.9 Å². The zero-order valence-electron chi connectivity index (χ0n) is 13.9. The maximum atomic E-state index is 12.0. The Balaban J connectivity index is 1.54. The molecule has 2 aromatic carbocycles. The van der Waals surface area contributed by atoms with Crippen LogP contribution in [0.15, 0.2) is 54.6 Å². The molecule has 5 heteroatoms. The lowest BCUT2D eigenvalue weighted by molar-refractivity contribution is -0.142. The topological polar surface area (TPSA) is 78.4 Å². The number of hydrogen-bond donors (Lipinski definition) is 3. The maximum absolute atomic E-state index is 12.0. The van der Waals surface area contributed by atoms with Gasteiger partial charge in [0, 0.05) is 11.4 Å². The van der Waals surface area contributed by atoms with Crippen molar-refractivity contribution in [3.63, 3.8) is 0 Å². The molecule has 0 atom stereocenters. The van der Waals surface area contributed by atoms with E-state index in [0.29, 0.717) is 5.92 Å². The number of para-hydroxylation sites is 1. The van der Waals surface area contributed by atoms with Crippen molar-refractivity contribution in [2.75, 3.05) is 10.6 Å². The van der Waals surface area contributed by atoms with Gasteiger partial charge in [-0.2, -0.15) is 0 Å². The normalized spacial score (nSPS) is 19.8. The van der Waals surface area contributed by atoms with Crippen LogP contribution in [-0.2, 0) is 4.79 Å². The Labute approximate surface area is 147 Å². The van der Waals surface area contributed by atoms with Crippen molar-refractivity contribution in [2.24, 2.45) is 5.92 Å². The highest BCUT2D eigenvalue weighted by atomic mass is 16.4. The van der Waals surface area contributed by atoms with Crippen LogP contribution in [0.5, 0.6) is 0 Å². The van der Waals surface area contributed by atoms with Crippen LogP contribution in [0.3, 0.4) is 0 Å². The van der Waals surface area contributed by atoms with Gasteiger partial charge in [0.25, 0.3) is 0 Å². The van der Waals surface area contributed by atoms with Crippen molar-refractivity contribution in [1.29, 1.82) is 0 Å². The number of benzene rings is 2. The van der Waals surface area contributed by atoms with Crippen LogP contribution in [0.4, 0.5) is 16.2 Å². The molecule has 0 aromatic heterocycles. The van der Waals surface area contributed by atoms with E-state index in [1.165, 1.54) is 5.56 Å². The Morgan fingerprint density at radius 1 is 0.800 bits per heavy atom. The minimum Gasteiger partial charge on any atom is -0.481 e. The molecule has 3 N–H and O–H groups in total. The predicted molar refractivity (Wildman–Crippen MR) is 97.9 cm³/mol. The van der Waals surface area contributed by atoms with Crippen molar-refractivity contribution < 1.29 is 14.7 Å². The lowest BCUT2D eigenvalue weighted by Gasteiger charge is -2.26. The van der Waals surface area contributed by atoms with E-state index < -0.39 is 5.97 Å². The average Bonchev–Trinajstić information content (AvgIpc) is 2.63. The van der Waals surface area contributed by atoms with Gasteiger partial charge in [0.05, 0.1) is 5.92 Å². The molecule has 2 amide bonds. The van der Waals surface area contributed by atoms with Crippen molar-refractivity contribution in [1.82, 2.24) is 0 Å². The Hall–Kier alpha value is -2.82. The van der Waals surface area contributed by atoms with E-state index in [4.69, 9.17) is 5.11 Å². The summed E-state index contributed by atoms with van der Waals surface area (Å²) in [5, 5.41) is 14.7. The van der Waals surface area contributed by atoms with Gasteiger partial charge in [-0.15, -0.1) is 0 Å². The largest absolute Gasteiger partial charge is 0.481 e. The molecule has 0 spiro atoms. The second-order valence-corrected chi connectivity index (χ2v) is 6.45. The van der Waals surface area contributed by atoms with Crippen LogP contribution < -0.4 is 10.6 Å². The van der Waals surface area contributed by atoms with Gasteiger partial charge in [0.2, 0.25) is 0 Å². The second-order valence-electron chi connectivity index (χ2n) is 6.45. The summed E-state index contributed by atoms with van der Waals surface area (Å²) in [5.41, 5.74) is 2.68. The quantitative estimate of drug-likeness (QED) is 0.757. The lowest BCUT2D eigenvalue weighted by atomic mass is 9.79. The predicted octanol–water partition coefficient (Wildman–Crippen LogP) is 4.69. The van der Waals surface area contributed by atoms with Gasteiger partial charge in [-0.05, 0) is 61.4 Å². The van der Waals surface area contributed by atoms with E-state index in [9.17, 15) is 9.59 Å². The average molecular weight is 338 g/mol. The highest BCUT2D eigenvalue weighted by molar-refractivity contribution is 5.99. The molecule has 1 aliphatic rings. The summed E-state index contributed by atoms with van der Waals surface area (Å²) in [6, 6.07) is 16.8. The number of nitrogens with one attached hydrogen (secondary N) is 2. The molecule has 0 radical (unpaired) electrons. The fourth-order valence-electron chi connectivity index (χ4n) is 3.33. The fraction of sp³-hybridized carbons (Fsp3) is 0.300. The standard InChI is InChI=1S/C20H22N2O3/c23-19(24)16-8-6-14(7-9-16)15-10-12-18(13-11-15)22-20(25)21-17-4-2-1-3-5-17/h1-5,10-14,16H,6-9H2,(H,23,24)(H2,21,22,25). The maximum Gasteiger partial charge on any atom is 0.323 e. The minimum absolute atomic E-state index is 0.195. The number of carboxylic acid groups (broad SMARTS) is 1. The van der Waals surface area contributed by atoms with Crippen molar-refractivity contribution in [3.05, 3.63) is 60.2 Å². The Kier molecular flexibility index (Phi) is 5.33. The number of urea groups is 1. The molecular weight excluding hydrogens is 316 g/mol. The van der Waals surface area contributed by atoms with E-state index in [1.807, 2.05) is 54.6 Å². The van der Waals surface area contributed by atoms with Crippen LogP contribution in [0.1, 0.15) is 37.2 Å². The van der Waals surface area contributed by atoms with Crippen molar-refractivity contribution >= 4 is 23.4 Å². The third-order valence-electron chi connectivity index (χ3n) is 4.75. The number of aliphatic carboxylic acids is 1. The van der Waals surface area contributed by atoms with Crippen molar-refractivity contribution in [2.45, 2.75) is 31.6 Å². The molecule has 0 unspecified atom stereocenters. The molecule has 25 heavy (non-hydrogen) atoms. The third kappa shape index (κ3) is 4.59. The number of carbonyl (C=O) groups excluding carboxylic acids is 1. The van der Waals surface area contributed by atoms with Crippen LogP contribution >= 0.6 is 0 Å². The first-order valence-electron chi connectivity index (χ1n) is 8.57. The van der Waals surface area contributed by atoms with Crippen LogP contribution in [0, 0.1) is 5.92 Å². The first-order valence-corrected chi connectivity index (χ1v) is 8.57. The fourth-order valence-corrected chi connectivity index (χ4v) is 3.33. The summed E-state index contributed by atoms with van der Waals surface area (Å²) >= 11 is 0. The highest BCUT2D eigenvalue weighted by Gasteiger charge is 2.26. The molecule has 1 saturated carbocycles. The van der Waals surface area contributed by atoms with E-state index in [0.717, 1.165) is 37.1 Å². The highest BCUT2D eigenvalue weighted by Crippen LogP contribution is 2.36. The zero-order valence-corrected chi connectivity index (χ0v) is 13.9. The first-order chi connectivity index (χ1) is 12.1. The molecule has 0 aliphatic heterocycles. The third-order valence-corrected chi connectivity index (χ3v) is 4.75. The SMILES string of the molecule is O=C(Nc1ccccc1)Nc1ccc(C2CCC(C(=O)O)CC2)cc1. The molecule has 3 rings (SSSR count). The van der Waals surface area contributed by atoms with E-state index in [2.05, 4.69) is 10.6 Å². The van der Waals surface area contributed by atoms with E-state index >= 15 is 0 Å². The van der Waals surface area contributed by atoms with Gasteiger partial charge in [-0.1, -0.05) is 30.3 Å². The molecule has 1 aliphatic carbocycles. The van der Waals surface area contributed by atoms with Gasteiger partial charge < -0.3 is 15.7 Å². The first kappa shape index (κ1) is 17.0. The second kappa shape index (κ2) is 7.83. The van der Waals surface area contributed by atoms with Gasteiger partial charge in [0.1, 0.15) is 0 Å². The molecule has 0 heterocycles. The van der Waals surface area contributed by atoms with Gasteiger partial charge in [-0.3, -0.25) is 4.79 Å². The lowest BCUT2D eigenvalue weighted by Crippen LogP contribution is -2.21. The minimum atomic E-state index is -0.678. The van der Waals surface area contributed by atoms with Crippen LogP contribution in [-0.4, -0.2) is 17.1 Å². The number of hydrogen-bond acceptors (Lipinski definition) is 2. The Morgan fingerprint density at radius 3 is 1.92 bits per heavy atom. The van der Waals surface area contributed by atoms with Gasteiger partial charge >= 0.3 is 12.0 Å².